The third-order valence-corrected chi connectivity index (χ3v) is 3.26. The molecule has 2 nitrogen and oxygen atoms in total. The summed E-state index contributed by atoms with van der Waals surface area (Å²) in [7, 11) is 0. The van der Waals surface area contributed by atoms with Gasteiger partial charge in [-0.05, 0) is 18.6 Å². The Labute approximate surface area is 77.5 Å². The summed E-state index contributed by atoms with van der Waals surface area (Å²) >= 11 is 1.03. The first-order valence-corrected chi connectivity index (χ1v) is 4.93. The number of carbonyl (C=O) groups is 1. The minimum absolute atomic E-state index is 0.296. The van der Waals surface area contributed by atoms with Crippen molar-refractivity contribution in [1.82, 2.24) is 0 Å². The van der Waals surface area contributed by atoms with Gasteiger partial charge in [0.1, 0.15) is 0 Å². The van der Waals surface area contributed by atoms with Gasteiger partial charge in [0.05, 0.1) is 0 Å². The second kappa shape index (κ2) is 3.40. The van der Waals surface area contributed by atoms with Gasteiger partial charge in [-0.2, -0.15) is 20.5 Å². The number of aliphatic carboxylic acids is 1. The van der Waals surface area contributed by atoms with Crippen molar-refractivity contribution in [2.24, 2.45) is 0 Å². The zero-order valence-corrected chi connectivity index (χ0v) is 7.54. The van der Waals surface area contributed by atoms with Crippen LogP contribution in [0.1, 0.15) is 12.8 Å². The minimum atomic E-state index is -4.26. The second-order valence-electron chi connectivity index (χ2n) is 3.00. The van der Waals surface area contributed by atoms with E-state index >= 15 is 0 Å². The van der Waals surface area contributed by atoms with Crippen molar-refractivity contribution in [1.29, 1.82) is 0 Å². The standard InChI is InChI=1S/C7H9F3O2S/c8-6(2-1-3-13-4-6)7(9,10)5(11)12/h1-4H2,(H,11,12). The number of carboxylic acid groups (broad SMARTS) is 1. The summed E-state index contributed by atoms with van der Waals surface area (Å²) in [6.45, 7) is 0. The van der Waals surface area contributed by atoms with Crippen molar-refractivity contribution >= 4 is 17.7 Å². The van der Waals surface area contributed by atoms with E-state index in [9.17, 15) is 18.0 Å². The number of alkyl halides is 3. The first-order valence-electron chi connectivity index (χ1n) is 3.78. The van der Waals surface area contributed by atoms with Crippen molar-refractivity contribution < 1.29 is 23.1 Å². The average molecular weight is 214 g/mol. The first kappa shape index (κ1) is 10.7. The minimum Gasteiger partial charge on any atom is -0.477 e. The molecule has 0 amide bonds. The lowest BCUT2D eigenvalue weighted by molar-refractivity contribution is -0.189. The van der Waals surface area contributed by atoms with Crippen LogP contribution >= 0.6 is 11.8 Å². The van der Waals surface area contributed by atoms with Crippen LogP contribution in [0.5, 0.6) is 0 Å². The van der Waals surface area contributed by atoms with Crippen LogP contribution in [-0.4, -0.2) is 34.2 Å². The average Bonchev–Trinajstić information content (AvgIpc) is 2.05. The van der Waals surface area contributed by atoms with Gasteiger partial charge in [0.15, 0.2) is 5.67 Å². The van der Waals surface area contributed by atoms with Gasteiger partial charge in [0.25, 0.3) is 0 Å². The molecule has 1 saturated heterocycles. The van der Waals surface area contributed by atoms with Crippen molar-refractivity contribution in [2.45, 2.75) is 24.4 Å². The normalized spacial score (nSPS) is 30.1. The Kier molecular flexibility index (Phi) is 2.79. The molecule has 6 heteroatoms. The van der Waals surface area contributed by atoms with Crippen molar-refractivity contribution in [3.8, 4) is 0 Å². The third-order valence-electron chi connectivity index (χ3n) is 2.02. The molecule has 1 rings (SSSR count). The predicted octanol–water partition coefficient (Wildman–Crippen LogP) is 1.94. The highest BCUT2D eigenvalue weighted by Gasteiger charge is 2.60. The summed E-state index contributed by atoms with van der Waals surface area (Å²) in [6, 6.07) is 0. The fraction of sp³-hybridized carbons (Fsp3) is 0.857. The lowest BCUT2D eigenvalue weighted by Gasteiger charge is -2.33. The molecule has 1 heterocycles. The molecule has 1 N–H and O–H groups in total. The van der Waals surface area contributed by atoms with Crippen molar-refractivity contribution in [3.63, 3.8) is 0 Å². The molecule has 1 unspecified atom stereocenters. The quantitative estimate of drug-likeness (QED) is 0.763. The fourth-order valence-electron chi connectivity index (χ4n) is 1.20. The zero-order chi connectivity index (χ0) is 10.1. The Morgan fingerprint density at radius 3 is 2.54 bits per heavy atom. The molecule has 0 aromatic rings. The van der Waals surface area contributed by atoms with Crippen LogP contribution in [0.15, 0.2) is 0 Å². The van der Waals surface area contributed by atoms with Crippen LogP contribution in [0, 0.1) is 0 Å². The number of carboxylic acids is 1. The summed E-state index contributed by atoms with van der Waals surface area (Å²) in [5.74, 6) is -6.47. The molecular weight excluding hydrogens is 205 g/mol. The molecule has 0 aromatic carbocycles. The van der Waals surface area contributed by atoms with Gasteiger partial charge in [-0.3, -0.25) is 0 Å². The van der Waals surface area contributed by atoms with E-state index in [1.54, 1.807) is 0 Å². The maximum absolute atomic E-state index is 13.4. The van der Waals surface area contributed by atoms with Crippen LogP contribution < -0.4 is 0 Å². The van der Waals surface area contributed by atoms with Gasteiger partial charge >= 0.3 is 11.9 Å². The van der Waals surface area contributed by atoms with Gasteiger partial charge in [-0.25, -0.2) is 9.18 Å². The summed E-state index contributed by atoms with van der Waals surface area (Å²) < 4.78 is 39.1. The molecule has 1 atom stereocenters. The van der Waals surface area contributed by atoms with Crippen LogP contribution in [-0.2, 0) is 4.79 Å². The highest BCUT2D eigenvalue weighted by atomic mass is 32.2. The van der Waals surface area contributed by atoms with Gasteiger partial charge in [0.2, 0.25) is 0 Å². The Morgan fingerprint density at radius 1 is 1.54 bits per heavy atom. The molecule has 0 aromatic heterocycles. The van der Waals surface area contributed by atoms with E-state index in [1.807, 2.05) is 0 Å². The lowest BCUT2D eigenvalue weighted by atomic mass is 9.94. The maximum atomic E-state index is 13.4. The Balaban J connectivity index is 2.82. The van der Waals surface area contributed by atoms with E-state index < -0.39 is 23.3 Å². The number of rotatable bonds is 2. The maximum Gasteiger partial charge on any atom is 0.378 e. The van der Waals surface area contributed by atoms with Gasteiger partial charge in [-0.1, -0.05) is 0 Å². The van der Waals surface area contributed by atoms with E-state index in [-0.39, 0.29) is 6.42 Å². The molecule has 76 valence electrons. The largest absolute Gasteiger partial charge is 0.477 e. The summed E-state index contributed by atoms with van der Waals surface area (Å²) in [4.78, 5) is 10.1. The number of hydrogen-bond acceptors (Lipinski definition) is 2. The van der Waals surface area contributed by atoms with Crippen molar-refractivity contribution in [3.05, 3.63) is 0 Å². The summed E-state index contributed by atoms with van der Waals surface area (Å²) in [5.41, 5.74) is -2.87. The smallest absolute Gasteiger partial charge is 0.378 e. The molecule has 0 aliphatic carbocycles. The van der Waals surface area contributed by atoms with E-state index in [4.69, 9.17) is 5.11 Å². The van der Waals surface area contributed by atoms with Crippen molar-refractivity contribution in [2.75, 3.05) is 11.5 Å². The predicted molar refractivity (Wildman–Crippen MR) is 43.0 cm³/mol. The Morgan fingerprint density at radius 2 is 2.15 bits per heavy atom. The molecule has 1 fully saturated rings. The van der Waals surface area contributed by atoms with Gasteiger partial charge < -0.3 is 5.11 Å². The highest BCUT2D eigenvalue weighted by molar-refractivity contribution is 7.99. The van der Waals surface area contributed by atoms with E-state index in [0.717, 1.165) is 11.8 Å². The highest BCUT2D eigenvalue weighted by Crippen LogP contribution is 2.42. The molecule has 1 aliphatic rings. The molecule has 1 aliphatic heterocycles. The Bertz CT molecular complexity index is 214. The SMILES string of the molecule is O=C(O)C(F)(F)C1(F)CCCSC1. The van der Waals surface area contributed by atoms with E-state index in [2.05, 4.69) is 0 Å². The third kappa shape index (κ3) is 1.77. The summed E-state index contributed by atoms with van der Waals surface area (Å²) in [5, 5.41) is 8.16. The zero-order valence-electron chi connectivity index (χ0n) is 6.73. The van der Waals surface area contributed by atoms with Gasteiger partial charge in [0, 0.05) is 5.75 Å². The molecular formula is C7H9F3O2S. The summed E-state index contributed by atoms with van der Waals surface area (Å²) in [6.07, 6.45) is -0.0800. The molecule has 0 saturated carbocycles. The van der Waals surface area contributed by atoms with Crippen LogP contribution in [0.4, 0.5) is 13.2 Å². The molecule has 13 heavy (non-hydrogen) atoms. The first-order chi connectivity index (χ1) is 5.90. The van der Waals surface area contributed by atoms with Crippen LogP contribution in [0.2, 0.25) is 0 Å². The topological polar surface area (TPSA) is 37.3 Å². The van der Waals surface area contributed by atoms with Gasteiger partial charge in [-0.15, -0.1) is 0 Å². The van der Waals surface area contributed by atoms with Crippen LogP contribution in [0.25, 0.3) is 0 Å². The monoisotopic (exact) mass is 214 g/mol. The Hall–Kier alpha value is -0.390. The lowest BCUT2D eigenvalue weighted by Crippen LogP contribution is -2.53. The van der Waals surface area contributed by atoms with Crippen LogP contribution in [0.3, 0.4) is 0 Å². The molecule has 0 bridgehead atoms. The number of halogens is 3. The van der Waals surface area contributed by atoms with E-state index in [1.165, 1.54) is 0 Å². The molecule has 0 spiro atoms. The second-order valence-corrected chi connectivity index (χ2v) is 4.11. The molecule has 0 radical (unpaired) electrons. The number of hydrogen-bond donors (Lipinski definition) is 1. The number of thioether (sulfide) groups is 1. The van der Waals surface area contributed by atoms with E-state index in [0.29, 0.717) is 12.2 Å². The fourth-order valence-corrected chi connectivity index (χ4v) is 2.34.